The lowest BCUT2D eigenvalue weighted by atomic mass is 10.2. The van der Waals surface area contributed by atoms with Gasteiger partial charge in [0.05, 0.1) is 12.7 Å². The average molecular weight is 195 g/mol. The fraction of sp³-hybridized carbons (Fsp3) is 1.00. The van der Waals surface area contributed by atoms with E-state index in [1.54, 1.807) is 7.11 Å². The maximum Gasteiger partial charge on any atom is 0.345 e. The second-order valence-corrected chi connectivity index (χ2v) is 3.30. The van der Waals surface area contributed by atoms with E-state index in [1.807, 2.05) is 11.9 Å². The normalized spacial score (nSPS) is 30.2. The number of hydrogen-bond donors (Lipinski definition) is 0. The second-order valence-electron chi connectivity index (χ2n) is 3.30. The summed E-state index contributed by atoms with van der Waals surface area (Å²) >= 11 is 0. The zero-order valence-corrected chi connectivity index (χ0v) is 7.87. The number of rotatable bonds is 4. The number of halogens is 2. The van der Waals surface area contributed by atoms with E-state index in [-0.39, 0.29) is 12.1 Å². The lowest BCUT2D eigenvalue weighted by Gasteiger charge is -2.16. The van der Waals surface area contributed by atoms with E-state index in [2.05, 4.69) is 4.74 Å². The van der Waals surface area contributed by atoms with E-state index < -0.39 is 6.61 Å². The number of ether oxygens (including phenoxy) is 2. The van der Waals surface area contributed by atoms with Gasteiger partial charge in [-0.3, -0.25) is 4.90 Å². The molecule has 1 heterocycles. The lowest BCUT2D eigenvalue weighted by Crippen LogP contribution is -2.29. The molecule has 2 atom stereocenters. The molecule has 0 bridgehead atoms. The van der Waals surface area contributed by atoms with Gasteiger partial charge in [0.25, 0.3) is 0 Å². The van der Waals surface area contributed by atoms with Crippen molar-refractivity contribution in [3.05, 3.63) is 0 Å². The van der Waals surface area contributed by atoms with Crippen molar-refractivity contribution in [3.8, 4) is 0 Å². The molecule has 0 N–H and O–H groups in total. The van der Waals surface area contributed by atoms with Crippen molar-refractivity contribution in [2.75, 3.05) is 27.3 Å². The van der Waals surface area contributed by atoms with E-state index >= 15 is 0 Å². The summed E-state index contributed by atoms with van der Waals surface area (Å²) in [7, 11) is 3.49. The standard InChI is InChI=1S/C8H15F2NO2/c1-11-4-7(13-8(9)10)3-6(11)5-12-2/h6-8H,3-5H2,1-2H3. The van der Waals surface area contributed by atoms with Crippen LogP contribution >= 0.6 is 0 Å². The third kappa shape index (κ3) is 3.17. The van der Waals surface area contributed by atoms with Crippen molar-refractivity contribution in [2.45, 2.75) is 25.2 Å². The zero-order valence-electron chi connectivity index (χ0n) is 7.87. The van der Waals surface area contributed by atoms with Crippen LogP contribution in [0.2, 0.25) is 0 Å². The highest BCUT2D eigenvalue weighted by Gasteiger charge is 2.31. The predicted octanol–water partition coefficient (Wildman–Crippen LogP) is 0.945. The van der Waals surface area contributed by atoms with Crippen molar-refractivity contribution in [3.63, 3.8) is 0 Å². The molecule has 0 aromatic carbocycles. The van der Waals surface area contributed by atoms with Gasteiger partial charge in [-0.1, -0.05) is 0 Å². The van der Waals surface area contributed by atoms with Crippen LogP contribution in [0.15, 0.2) is 0 Å². The topological polar surface area (TPSA) is 21.7 Å². The van der Waals surface area contributed by atoms with Crippen LogP contribution in [0.5, 0.6) is 0 Å². The summed E-state index contributed by atoms with van der Waals surface area (Å²) in [5.41, 5.74) is 0. The molecule has 0 radical (unpaired) electrons. The quantitative estimate of drug-likeness (QED) is 0.666. The molecule has 78 valence electrons. The van der Waals surface area contributed by atoms with Gasteiger partial charge in [0.15, 0.2) is 0 Å². The Hall–Kier alpha value is -0.260. The summed E-state index contributed by atoms with van der Waals surface area (Å²) < 4.78 is 33.1. The number of hydrogen-bond acceptors (Lipinski definition) is 3. The van der Waals surface area contributed by atoms with Gasteiger partial charge in [0, 0.05) is 19.7 Å². The van der Waals surface area contributed by atoms with Crippen molar-refractivity contribution >= 4 is 0 Å². The van der Waals surface area contributed by atoms with Crippen LogP contribution in [0, 0.1) is 0 Å². The predicted molar refractivity (Wildman–Crippen MR) is 43.8 cm³/mol. The molecule has 13 heavy (non-hydrogen) atoms. The highest BCUT2D eigenvalue weighted by Crippen LogP contribution is 2.20. The summed E-state index contributed by atoms with van der Waals surface area (Å²) in [6.45, 7) is -1.54. The number of methoxy groups -OCH3 is 1. The minimum Gasteiger partial charge on any atom is -0.383 e. The second kappa shape index (κ2) is 4.83. The first-order valence-electron chi connectivity index (χ1n) is 4.26. The Balaban J connectivity index is 2.31. The SMILES string of the molecule is COCC1CC(OC(F)F)CN1C. The zero-order chi connectivity index (χ0) is 9.84. The highest BCUT2D eigenvalue weighted by atomic mass is 19.3. The van der Waals surface area contributed by atoms with Gasteiger partial charge < -0.3 is 9.47 Å². The van der Waals surface area contributed by atoms with Gasteiger partial charge in [0.2, 0.25) is 0 Å². The summed E-state index contributed by atoms with van der Waals surface area (Å²) in [6, 6.07) is 0.203. The Morgan fingerprint density at radius 1 is 1.54 bits per heavy atom. The molecule has 0 aliphatic carbocycles. The number of likely N-dealkylation sites (N-methyl/N-ethyl adjacent to an activating group) is 1. The molecule has 1 saturated heterocycles. The maximum atomic E-state index is 11.9. The van der Waals surface area contributed by atoms with Gasteiger partial charge in [-0.15, -0.1) is 0 Å². The molecule has 3 nitrogen and oxygen atoms in total. The molecule has 0 saturated carbocycles. The van der Waals surface area contributed by atoms with Crippen molar-refractivity contribution in [2.24, 2.45) is 0 Å². The minimum absolute atomic E-state index is 0.203. The third-order valence-electron chi connectivity index (χ3n) is 2.30. The van der Waals surface area contributed by atoms with E-state index in [4.69, 9.17) is 4.74 Å². The number of likely N-dealkylation sites (tertiary alicyclic amines) is 1. The Morgan fingerprint density at radius 3 is 2.77 bits per heavy atom. The molecule has 2 unspecified atom stereocenters. The first kappa shape index (κ1) is 10.8. The fourth-order valence-electron chi connectivity index (χ4n) is 1.66. The lowest BCUT2D eigenvalue weighted by molar-refractivity contribution is -0.158. The molecule has 0 aromatic rings. The Labute approximate surface area is 76.6 Å². The van der Waals surface area contributed by atoms with E-state index in [0.29, 0.717) is 19.6 Å². The highest BCUT2D eigenvalue weighted by molar-refractivity contribution is 4.83. The monoisotopic (exact) mass is 195 g/mol. The van der Waals surface area contributed by atoms with Crippen molar-refractivity contribution in [1.82, 2.24) is 4.90 Å². The van der Waals surface area contributed by atoms with Crippen molar-refractivity contribution in [1.29, 1.82) is 0 Å². The van der Waals surface area contributed by atoms with Crippen LogP contribution in [0.25, 0.3) is 0 Å². The van der Waals surface area contributed by atoms with Crippen LogP contribution in [0.4, 0.5) is 8.78 Å². The maximum absolute atomic E-state index is 11.9. The van der Waals surface area contributed by atoms with Crippen LogP contribution in [-0.4, -0.2) is 51.0 Å². The van der Waals surface area contributed by atoms with Gasteiger partial charge in [-0.05, 0) is 13.5 Å². The Morgan fingerprint density at radius 2 is 2.23 bits per heavy atom. The summed E-state index contributed by atoms with van der Waals surface area (Å²) in [5.74, 6) is 0. The molecule has 1 rings (SSSR count). The minimum atomic E-state index is -2.67. The fourth-order valence-corrected chi connectivity index (χ4v) is 1.66. The molecule has 5 heteroatoms. The first-order valence-corrected chi connectivity index (χ1v) is 4.26. The summed E-state index contributed by atoms with van der Waals surface area (Å²) in [5, 5.41) is 0. The molecule has 0 aromatic heterocycles. The van der Waals surface area contributed by atoms with E-state index in [1.165, 1.54) is 0 Å². The van der Waals surface area contributed by atoms with Gasteiger partial charge in [-0.25, -0.2) is 0 Å². The molecule has 1 aliphatic rings. The van der Waals surface area contributed by atoms with Crippen molar-refractivity contribution < 1.29 is 18.3 Å². The Bertz CT molecular complexity index is 157. The van der Waals surface area contributed by atoms with Gasteiger partial charge in [0.1, 0.15) is 0 Å². The molecular weight excluding hydrogens is 180 g/mol. The molecule has 1 aliphatic heterocycles. The number of nitrogens with zero attached hydrogens (tertiary/aromatic N) is 1. The average Bonchev–Trinajstić information content (AvgIpc) is 2.31. The summed E-state index contributed by atoms with van der Waals surface area (Å²) in [4.78, 5) is 1.98. The first-order chi connectivity index (χ1) is 6.13. The van der Waals surface area contributed by atoms with Crippen LogP contribution < -0.4 is 0 Å². The summed E-state index contributed by atoms with van der Waals surface area (Å²) in [6.07, 6.45) is 0.263. The largest absolute Gasteiger partial charge is 0.383 e. The molecular formula is C8H15F2NO2. The van der Waals surface area contributed by atoms with Gasteiger partial charge >= 0.3 is 6.61 Å². The van der Waals surface area contributed by atoms with E-state index in [0.717, 1.165) is 0 Å². The van der Waals surface area contributed by atoms with Crippen LogP contribution in [-0.2, 0) is 9.47 Å². The number of alkyl halides is 2. The third-order valence-corrected chi connectivity index (χ3v) is 2.30. The van der Waals surface area contributed by atoms with E-state index in [9.17, 15) is 8.78 Å². The molecule has 1 fully saturated rings. The molecule has 0 amide bonds. The smallest absolute Gasteiger partial charge is 0.345 e. The Kier molecular flexibility index (Phi) is 4.02. The molecule has 0 spiro atoms. The van der Waals surface area contributed by atoms with Crippen LogP contribution in [0.3, 0.4) is 0 Å². The van der Waals surface area contributed by atoms with Crippen LogP contribution in [0.1, 0.15) is 6.42 Å². The van der Waals surface area contributed by atoms with Gasteiger partial charge in [-0.2, -0.15) is 8.78 Å².